The summed E-state index contributed by atoms with van der Waals surface area (Å²) in [6.07, 6.45) is 5.50. The number of hydrogen-bond donors (Lipinski definition) is 1. The first-order valence-corrected chi connectivity index (χ1v) is 10.5. The smallest absolute Gasteiger partial charge is 0.350 e. The Morgan fingerprint density at radius 1 is 1.27 bits per heavy atom. The van der Waals surface area contributed by atoms with Crippen LogP contribution in [0.15, 0.2) is 41.5 Å². The number of benzene rings is 1. The number of rotatable bonds is 5. The summed E-state index contributed by atoms with van der Waals surface area (Å²) in [4.78, 5) is 31.9. The number of aromatic nitrogens is 4. The number of nitrogens with one attached hydrogen (secondary N) is 1. The fraction of sp³-hybridized carbons (Fsp3) is 0.455. The second-order valence-corrected chi connectivity index (χ2v) is 8.40. The zero-order chi connectivity index (χ0) is 21.3. The minimum atomic E-state index is -0.344. The van der Waals surface area contributed by atoms with Crippen molar-refractivity contribution in [3.63, 3.8) is 0 Å². The SMILES string of the molecule is CC1CCCN(c2nccn3c(=O)n(CC(=O)Nc4ccc(C(C)C)cc4)nc23)C1. The Hall–Kier alpha value is -3.16. The van der Waals surface area contributed by atoms with Crippen molar-refractivity contribution in [3.8, 4) is 0 Å². The van der Waals surface area contributed by atoms with Gasteiger partial charge in [0.25, 0.3) is 0 Å². The monoisotopic (exact) mass is 408 g/mol. The quantitative estimate of drug-likeness (QED) is 0.702. The molecule has 3 aromatic rings. The normalized spacial score (nSPS) is 16.9. The molecule has 1 N–H and O–H groups in total. The van der Waals surface area contributed by atoms with Gasteiger partial charge in [-0.05, 0) is 42.4 Å². The van der Waals surface area contributed by atoms with Gasteiger partial charge >= 0.3 is 5.69 Å². The van der Waals surface area contributed by atoms with Crippen LogP contribution in [-0.2, 0) is 11.3 Å². The Bertz CT molecular complexity index is 1100. The van der Waals surface area contributed by atoms with Gasteiger partial charge in [-0.2, -0.15) is 0 Å². The summed E-state index contributed by atoms with van der Waals surface area (Å²) < 4.78 is 2.66. The Kier molecular flexibility index (Phi) is 5.57. The second-order valence-electron chi connectivity index (χ2n) is 8.40. The van der Waals surface area contributed by atoms with E-state index in [0.717, 1.165) is 19.5 Å². The Morgan fingerprint density at radius 3 is 2.73 bits per heavy atom. The van der Waals surface area contributed by atoms with Crippen LogP contribution in [0.1, 0.15) is 45.1 Å². The van der Waals surface area contributed by atoms with E-state index in [1.807, 2.05) is 24.3 Å². The number of anilines is 2. The molecular weight excluding hydrogens is 380 g/mol. The number of carbonyl (C=O) groups excluding carboxylic acids is 1. The largest absolute Gasteiger partial charge is 0.353 e. The number of carbonyl (C=O) groups is 1. The lowest BCUT2D eigenvalue weighted by molar-refractivity contribution is -0.117. The molecule has 4 rings (SSSR count). The van der Waals surface area contributed by atoms with Gasteiger partial charge in [-0.3, -0.25) is 4.79 Å². The maximum atomic E-state index is 12.8. The summed E-state index contributed by atoms with van der Waals surface area (Å²) in [5, 5.41) is 7.27. The van der Waals surface area contributed by atoms with Crippen LogP contribution >= 0.6 is 0 Å². The van der Waals surface area contributed by atoms with Gasteiger partial charge in [0.15, 0.2) is 5.82 Å². The van der Waals surface area contributed by atoms with Crippen molar-refractivity contribution in [2.24, 2.45) is 5.92 Å². The molecule has 3 heterocycles. The highest BCUT2D eigenvalue weighted by molar-refractivity contribution is 5.90. The molecule has 0 spiro atoms. The average Bonchev–Trinajstić information content (AvgIpc) is 3.04. The fourth-order valence-corrected chi connectivity index (χ4v) is 3.93. The molecule has 1 atom stereocenters. The van der Waals surface area contributed by atoms with E-state index in [1.165, 1.54) is 21.1 Å². The topological polar surface area (TPSA) is 84.5 Å². The van der Waals surface area contributed by atoms with Gasteiger partial charge in [0.2, 0.25) is 11.6 Å². The maximum absolute atomic E-state index is 12.8. The molecule has 1 fully saturated rings. The van der Waals surface area contributed by atoms with Gasteiger partial charge < -0.3 is 10.2 Å². The molecule has 8 heteroatoms. The molecule has 2 aromatic heterocycles. The number of amides is 1. The van der Waals surface area contributed by atoms with Crippen molar-refractivity contribution >= 4 is 23.1 Å². The van der Waals surface area contributed by atoms with Gasteiger partial charge in [0.05, 0.1) is 0 Å². The first kappa shape index (κ1) is 20.1. The lowest BCUT2D eigenvalue weighted by Gasteiger charge is -2.31. The fourth-order valence-electron chi connectivity index (χ4n) is 3.93. The third-order valence-corrected chi connectivity index (χ3v) is 5.59. The average molecular weight is 409 g/mol. The van der Waals surface area contributed by atoms with Gasteiger partial charge in [-0.15, -0.1) is 5.10 Å². The minimum Gasteiger partial charge on any atom is -0.353 e. The summed E-state index contributed by atoms with van der Waals surface area (Å²) >= 11 is 0. The van der Waals surface area contributed by atoms with Crippen molar-refractivity contribution in [3.05, 3.63) is 52.7 Å². The van der Waals surface area contributed by atoms with Gasteiger partial charge in [0, 0.05) is 31.2 Å². The Morgan fingerprint density at radius 2 is 2.03 bits per heavy atom. The zero-order valence-corrected chi connectivity index (χ0v) is 17.7. The third-order valence-electron chi connectivity index (χ3n) is 5.59. The first-order valence-electron chi connectivity index (χ1n) is 10.5. The molecule has 1 aliphatic heterocycles. The summed E-state index contributed by atoms with van der Waals surface area (Å²) in [7, 11) is 0. The van der Waals surface area contributed by atoms with Gasteiger partial charge in [-0.25, -0.2) is 18.9 Å². The maximum Gasteiger partial charge on any atom is 0.350 e. The van der Waals surface area contributed by atoms with Gasteiger partial charge in [0.1, 0.15) is 6.54 Å². The van der Waals surface area contributed by atoms with Crippen molar-refractivity contribution in [2.75, 3.05) is 23.3 Å². The van der Waals surface area contributed by atoms with Crippen LogP contribution < -0.4 is 15.9 Å². The van der Waals surface area contributed by atoms with Crippen molar-refractivity contribution in [1.29, 1.82) is 0 Å². The summed E-state index contributed by atoms with van der Waals surface area (Å²) in [6, 6.07) is 7.74. The molecule has 0 aliphatic carbocycles. The molecular formula is C22H28N6O2. The van der Waals surface area contributed by atoms with Crippen LogP contribution in [0.4, 0.5) is 11.5 Å². The molecule has 1 aromatic carbocycles. The van der Waals surface area contributed by atoms with E-state index in [2.05, 4.69) is 41.1 Å². The van der Waals surface area contributed by atoms with E-state index in [9.17, 15) is 9.59 Å². The van der Waals surface area contributed by atoms with Crippen LogP contribution in [0.3, 0.4) is 0 Å². The summed E-state index contributed by atoms with van der Waals surface area (Å²) in [5.41, 5.74) is 2.05. The van der Waals surface area contributed by atoms with E-state index < -0.39 is 0 Å². The molecule has 0 saturated carbocycles. The number of piperidine rings is 1. The number of fused-ring (bicyclic) bond motifs is 1. The van der Waals surface area contributed by atoms with E-state index >= 15 is 0 Å². The highest BCUT2D eigenvalue weighted by Gasteiger charge is 2.22. The van der Waals surface area contributed by atoms with Crippen LogP contribution in [0.25, 0.3) is 5.65 Å². The standard InChI is InChI=1S/C22H28N6O2/c1-15(2)17-6-8-18(9-7-17)24-19(29)14-28-22(30)27-12-10-23-20(21(27)25-28)26-11-4-5-16(3)13-26/h6-10,12,15-16H,4-5,11,13-14H2,1-3H3,(H,24,29). The summed E-state index contributed by atoms with van der Waals surface area (Å²) in [6.45, 7) is 8.09. The molecule has 1 saturated heterocycles. The Balaban J connectivity index is 1.54. The zero-order valence-electron chi connectivity index (χ0n) is 17.7. The molecule has 0 radical (unpaired) electrons. The molecule has 30 heavy (non-hydrogen) atoms. The Labute approximate surface area is 175 Å². The predicted octanol–water partition coefficient (Wildman–Crippen LogP) is 2.89. The van der Waals surface area contributed by atoms with Crippen LogP contribution in [0, 0.1) is 5.92 Å². The number of nitrogens with zero attached hydrogens (tertiary/aromatic N) is 5. The molecule has 0 bridgehead atoms. The summed E-state index contributed by atoms with van der Waals surface area (Å²) in [5.74, 6) is 1.41. The first-order chi connectivity index (χ1) is 14.4. The molecule has 1 amide bonds. The third kappa shape index (κ3) is 4.08. The van der Waals surface area contributed by atoms with Crippen molar-refractivity contribution in [1.82, 2.24) is 19.2 Å². The van der Waals surface area contributed by atoms with Crippen molar-refractivity contribution in [2.45, 2.75) is 46.1 Å². The molecule has 158 valence electrons. The predicted molar refractivity (Wildman–Crippen MR) is 117 cm³/mol. The van der Waals surface area contributed by atoms with Crippen LogP contribution in [0.2, 0.25) is 0 Å². The van der Waals surface area contributed by atoms with Gasteiger partial charge in [-0.1, -0.05) is 32.9 Å². The van der Waals surface area contributed by atoms with E-state index in [1.54, 1.807) is 12.4 Å². The minimum absolute atomic E-state index is 0.151. The van der Waals surface area contributed by atoms with Crippen LogP contribution in [-0.4, -0.2) is 38.2 Å². The lowest BCUT2D eigenvalue weighted by Crippen LogP contribution is -2.35. The lowest BCUT2D eigenvalue weighted by atomic mass is 10.0. The van der Waals surface area contributed by atoms with Crippen molar-refractivity contribution < 1.29 is 4.79 Å². The highest BCUT2D eigenvalue weighted by atomic mass is 16.2. The molecule has 1 unspecified atom stereocenters. The molecule has 8 nitrogen and oxygen atoms in total. The number of hydrogen-bond acceptors (Lipinski definition) is 5. The van der Waals surface area contributed by atoms with Crippen LogP contribution in [0.5, 0.6) is 0 Å². The van der Waals surface area contributed by atoms with E-state index in [0.29, 0.717) is 29.0 Å². The molecule has 1 aliphatic rings. The van der Waals surface area contributed by atoms with E-state index in [4.69, 9.17) is 0 Å². The highest BCUT2D eigenvalue weighted by Crippen LogP contribution is 2.23. The van der Waals surface area contributed by atoms with E-state index in [-0.39, 0.29) is 18.1 Å². The second kappa shape index (κ2) is 8.30.